The summed E-state index contributed by atoms with van der Waals surface area (Å²) in [5, 5.41) is 12.9. The molecule has 1 aliphatic heterocycles. The van der Waals surface area contributed by atoms with Crippen LogP contribution >= 0.6 is 16.3 Å². The van der Waals surface area contributed by atoms with Crippen molar-refractivity contribution in [3.05, 3.63) is 47.1 Å². The van der Waals surface area contributed by atoms with Crippen LogP contribution in [0.1, 0.15) is 98.1 Å². The van der Waals surface area contributed by atoms with E-state index in [9.17, 15) is 0 Å². The second-order valence-electron chi connectivity index (χ2n) is 14.8. The maximum Gasteiger partial charge on any atom is 0.0919 e. The van der Waals surface area contributed by atoms with Gasteiger partial charge in [0.05, 0.1) is 10.9 Å². The molecule has 1 aromatic carbocycles. The van der Waals surface area contributed by atoms with Crippen molar-refractivity contribution in [3.63, 3.8) is 0 Å². The van der Waals surface area contributed by atoms with Crippen molar-refractivity contribution in [2.24, 2.45) is 28.2 Å². The molecule has 2 aromatic rings. The number of aromatic nitrogens is 1. The minimum absolute atomic E-state index is 0.120. The second-order valence-corrected chi connectivity index (χ2v) is 18.8. The molecule has 252 valence electrons. The predicted molar refractivity (Wildman–Crippen MR) is 206 cm³/mol. The molecule has 0 saturated carbocycles. The number of hydrogen-bond acceptors (Lipinski definition) is 4. The van der Waals surface area contributed by atoms with Gasteiger partial charge >= 0.3 is 0 Å². The van der Waals surface area contributed by atoms with Gasteiger partial charge in [-0.15, -0.1) is 14.3 Å². The van der Waals surface area contributed by atoms with Crippen LogP contribution in [0, 0.1) is 21.9 Å². The first-order chi connectivity index (χ1) is 21.2. The lowest BCUT2D eigenvalue weighted by Gasteiger charge is -2.35. The van der Waals surface area contributed by atoms with Crippen LogP contribution in [0.2, 0.25) is 0 Å². The van der Waals surface area contributed by atoms with E-state index in [-0.39, 0.29) is 11.0 Å². The van der Waals surface area contributed by atoms with Crippen molar-refractivity contribution in [1.29, 1.82) is 5.16 Å². The van der Waals surface area contributed by atoms with Crippen LogP contribution in [0.5, 0.6) is 0 Å². The van der Waals surface area contributed by atoms with Crippen LogP contribution in [0.3, 0.4) is 0 Å². The quantitative estimate of drug-likeness (QED) is 0.107. The summed E-state index contributed by atoms with van der Waals surface area (Å²) in [6.07, 6.45) is 11.5. The first-order valence-electron chi connectivity index (χ1n) is 17.4. The van der Waals surface area contributed by atoms with Crippen molar-refractivity contribution < 1.29 is 0 Å². The molecule has 0 saturated heterocycles. The SMILES string of the molecule is C=C=c1c2cc3c(cc2c(=C)n1CC(C)(CC)CC[PH](=N)CC)C(=C)N(CCCPCCC(C)(CC)CC(CN)CN)C3(C)C. The van der Waals surface area contributed by atoms with Gasteiger partial charge in [0.2, 0.25) is 0 Å². The summed E-state index contributed by atoms with van der Waals surface area (Å²) < 4.78 is 2.35. The third-order valence-corrected chi connectivity index (χ3v) is 14.3. The molecule has 0 radical (unpaired) electrons. The highest BCUT2D eigenvalue weighted by Gasteiger charge is 2.39. The molecule has 0 aliphatic carbocycles. The number of nitrogens with zero attached hydrogens (tertiary/aromatic N) is 2. The van der Waals surface area contributed by atoms with Crippen LogP contribution in [-0.4, -0.2) is 53.7 Å². The van der Waals surface area contributed by atoms with E-state index >= 15 is 0 Å². The van der Waals surface area contributed by atoms with Crippen LogP contribution in [0.4, 0.5) is 0 Å². The van der Waals surface area contributed by atoms with E-state index in [1.165, 1.54) is 53.5 Å². The molecule has 0 spiro atoms. The Labute approximate surface area is 277 Å². The smallest absolute Gasteiger partial charge is 0.0919 e. The van der Waals surface area contributed by atoms with Gasteiger partial charge in [0.1, 0.15) is 0 Å². The summed E-state index contributed by atoms with van der Waals surface area (Å²) in [7, 11) is -0.00533. The number of rotatable bonds is 19. The molecule has 3 rings (SSSR count). The highest BCUT2D eigenvalue weighted by atomic mass is 31.1. The molecular formula is C38H65N5P2. The van der Waals surface area contributed by atoms with E-state index in [2.05, 4.69) is 95.5 Å². The summed E-state index contributed by atoms with van der Waals surface area (Å²) in [6, 6.07) is 4.71. The molecular weight excluding hydrogens is 588 g/mol. The van der Waals surface area contributed by atoms with Gasteiger partial charge in [-0.25, -0.2) is 0 Å². The summed E-state index contributed by atoms with van der Waals surface area (Å²) in [4.78, 5) is 2.53. The normalized spacial score (nSPS) is 18.1. The largest absolute Gasteiger partial charge is 0.362 e. The van der Waals surface area contributed by atoms with Crippen molar-refractivity contribution in [2.45, 2.75) is 99.1 Å². The van der Waals surface area contributed by atoms with E-state index in [1.54, 1.807) is 0 Å². The average Bonchev–Trinajstić information content (AvgIpc) is 3.39. The summed E-state index contributed by atoms with van der Waals surface area (Å²) in [6.45, 7) is 32.9. The Bertz CT molecular complexity index is 1480. The molecule has 0 amide bonds. The summed E-state index contributed by atoms with van der Waals surface area (Å²) in [5.41, 5.74) is 19.3. The Hall–Kier alpha value is -1.60. The lowest BCUT2D eigenvalue weighted by Crippen LogP contribution is -2.35. The molecule has 0 fully saturated rings. The Morgan fingerprint density at radius 2 is 1.69 bits per heavy atom. The van der Waals surface area contributed by atoms with E-state index < -0.39 is 7.71 Å². The molecule has 4 atom stereocenters. The van der Waals surface area contributed by atoms with E-state index in [4.69, 9.17) is 16.6 Å². The molecule has 7 heteroatoms. The van der Waals surface area contributed by atoms with Gasteiger partial charge in [0.25, 0.3) is 0 Å². The third-order valence-electron chi connectivity index (χ3n) is 11.3. The lowest BCUT2D eigenvalue weighted by atomic mass is 9.76. The lowest BCUT2D eigenvalue weighted by molar-refractivity contribution is 0.220. The van der Waals surface area contributed by atoms with Gasteiger partial charge in [-0.1, -0.05) is 60.8 Å². The Kier molecular flexibility index (Phi) is 13.5. The first-order valence-corrected chi connectivity index (χ1v) is 20.8. The second kappa shape index (κ2) is 16.0. The summed E-state index contributed by atoms with van der Waals surface area (Å²) >= 11 is 0. The van der Waals surface area contributed by atoms with E-state index in [0.717, 1.165) is 69.7 Å². The fourth-order valence-electron chi connectivity index (χ4n) is 7.25. The molecule has 45 heavy (non-hydrogen) atoms. The maximum atomic E-state index is 8.39. The van der Waals surface area contributed by atoms with Crippen LogP contribution < -0.4 is 22.2 Å². The van der Waals surface area contributed by atoms with Gasteiger partial charge in [-0.05, 0) is 126 Å². The molecule has 4 unspecified atom stereocenters. The van der Waals surface area contributed by atoms with Gasteiger partial charge in [0.15, 0.2) is 0 Å². The predicted octanol–water partition coefficient (Wildman–Crippen LogP) is 7.74. The highest BCUT2D eigenvalue weighted by molar-refractivity contribution is 7.45. The van der Waals surface area contributed by atoms with Crippen molar-refractivity contribution >= 4 is 45.1 Å². The fourth-order valence-corrected chi connectivity index (χ4v) is 9.95. The van der Waals surface area contributed by atoms with E-state index in [1.807, 2.05) is 0 Å². The van der Waals surface area contributed by atoms with Crippen LogP contribution in [0.15, 0.2) is 25.3 Å². The Morgan fingerprint density at radius 3 is 2.27 bits per heavy atom. The third kappa shape index (κ3) is 8.47. The highest BCUT2D eigenvalue weighted by Crippen LogP contribution is 2.46. The molecule has 5 nitrogen and oxygen atoms in total. The Morgan fingerprint density at radius 1 is 1.02 bits per heavy atom. The van der Waals surface area contributed by atoms with Gasteiger partial charge in [-0.3, -0.25) is 0 Å². The van der Waals surface area contributed by atoms with Crippen molar-refractivity contribution in [3.8, 4) is 0 Å². The summed E-state index contributed by atoms with van der Waals surface area (Å²) in [5.74, 6) is 0.438. The molecule has 0 bridgehead atoms. The zero-order valence-corrected chi connectivity index (χ0v) is 31.8. The van der Waals surface area contributed by atoms with Crippen LogP contribution in [-0.2, 0) is 12.1 Å². The fraction of sp³-hybridized carbons (Fsp3) is 0.658. The number of benzene rings is 1. The topological polar surface area (TPSA) is 84.1 Å². The van der Waals surface area contributed by atoms with Gasteiger partial charge in [0, 0.05) is 40.5 Å². The molecule has 5 N–H and O–H groups in total. The van der Waals surface area contributed by atoms with Crippen molar-refractivity contribution in [1.82, 2.24) is 9.47 Å². The van der Waals surface area contributed by atoms with E-state index in [0.29, 0.717) is 24.4 Å². The molecule has 1 aliphatic rings. The maximum absolute atomic E-state index is 8.39. The number of hydrogen-bond donors (Lipinski definition) is 3. The number of nitrogens with one attached hydrogen (secondary N) is 1. The minimum Gasteiger partial charge on any atom is -0.362 e. The Balaban J connectivity index is 1.74. The average molecular weight is 654 g/mol. The first kappa shape index (κ1) is 37.9. The monoisotopic (exact) mass is 653 g/mol. The van der Waals surface area contributed by atoms with Crippen LogP contribution in [0.25, 0.3) is 28.8 Å². The zero-order valence-electron chi connectivity index (χ0n) is 29.8. The molecule has 2 heterocycles. The zero-order chi connectivity index (χ0) is 33.6. The number of fused-ring (bicyclic) bond motifs is 2. The molecule has 1 aromatic heterocycles. The minimum atomic E-state index is -0.993. The number of nitrogens with two attached hydrogens (primary N) is 2. The van der Waals surface area contributed by atoms with Gasteiger partial charge < -0.3 is 26.1 Å². The standard InChI is InChI=1S/C38H65N5P2/c1-11-35-33-23-34-32(22-31(33)28(5)42(35)27-38(10,13-3)17-21-45(41)14-4)29(6)43(36(34,7)8)18-15-19-44-20-16-37(9,12-2)24-30(25-39)26-40/h22-23,30,41,44-45H,1,5-6,12-21,24-27,39-40H2,2-4,7-10H3. The van der Waals surface area contributed by atoms with Gasteiger partial charge in [-0.2, -0.15) is 0 Å². The van der Waals surface area contributed by atoms with Crippen molar-refractivity contribution in [2.75, 3.05) is 44.3 Å².